The molecule has 0 heterocycles. The molecule has 18 heavy (non-hydrogen) atoms. The van der Waals surface area contributed by atoms with E-state index in [1.165, 1.54) is 0 Å². The van der Waals surface area contributed by atoms with Crippen molar-refractivity contribution in [3.63, 3.8) is 0 Å². The average molecular weight is 246 g/mol. The maximum absolute atomic E-state index is 11.6. The first-order chi connectivity index (χ1) is 8.63. The molecule has 0 aliphatic carbocycles. The van der Waals surface area contributed by atoms with Gasteiger partial charge in [-0.05, 0) is 26.0 Å². The Morgan fingerprint density at radius 2 is 2.17 bits per heavy atom. The zero-order valence-electron chi connectivity index (χ0n) is 10.7. The highest BCUT2D eigenvalue weighted by Crippen LogP contribution is 2.24. The summed E-state index contributed by atoms with van der Waals surface area (Å²) >= 11 is 0. The summed E-state index contributed by atoms with van der Waals surface area (Å²) in [6.45, 7) is 4.43. The number of benzene rings is 1. The van der Waals surface area contributed by atoms with Crippen LogP contribution in [0.4, 0.5) is 5.69 Å². The second-order valence-electron chi connectivity index (χ2n) is 4.02. The van der Waals surface area contributed by atoms with E-state index in [1.54, 1.807) is 6.07 Å². The summed E-state index contributed by atoms with van der Waals surface area (Å²) < 4.78 is 5.60. The van der Waals surface area contributed by atoms with E-state index in [4.69, 9.17) is 11.2 Å². The maximum Gasteiger partial charge on any atom is 0.238 e. The molecule has 0 saturated heterocycles. The Kier molecular flexibility index (Phi) is 5.75. The van der Waals surface area contributed by atoms with E-state index in [1.807, 2.05) is 32.0 Å². The highest BCUT2D eigenvalue weighted by atomic mass is 16.5. The number of terminal acetylenes is 1. The Hall–Kier alpha value is -1.99. The van der Waals surface area contributed by atoms with Gasteiger partial charge in [-0.1, -0.05) is 18.1 Å². The molecule has 1 aromatic carbocycles. The van der Waals surface area contributed by atoms with Gasteiger partial charge in [-0.25, -0.2) is 0 Å². The number of ether oxygens (including phenoxy) is 1. The molecule has 96 valence electrons. The van der Waals surface area contributed by atoms with Gasteiger partial charge in [0.1, 0.15) is 5.75 Å². The van der Waals surface area contributed by atoms with Crippen LogP contribution < -0.4 is 15.4 Å². The van der Waals surface area contributed by atoms with E-state index in [9.17, 15) is 4.79 Å². The van der Waals surface area contributed by atoms with Crippen LogP contribution >= 0.6 is 0 Å². The lowest BCUT2D eigenvalue weighted by atomic mass is 10.3. The molecule has 1 aromatic rings. The highest BCUT2D eigenvalue weighted by Gasteiger charge is 2.07. The normalized spacial score (nSPS) is 9.89. The van der Waals surface area contributed by atoms with E-state index < -0.39 is 0 Å². The molecule has 0 aliphatic rings. The van der Waals surface area contributed by atoms with E-state index >= 15 is 0 Å². The zero-order valence-corrected chi connectivity index (χ0v) is 10.7. The van der Waals surface area contributed by atoms with Crippen LogP contribution in [0.2, 0.25) is 0 Å². The van der Waals surface area contributed by atoms with Gasteiger partial charge in [-0.15, -0.1) is 6.42 Å². The minimum atomic E-state index is -0.148. The first-order valence-electron chi connectivity index (χ1n) is 5.83. The van der Waals surface area contributed by atoms with Crippen molar-refractivity contribution in [2.45, 2.75) is 20.0 Å². The molecule has 0 bridgehead atoms. The van der Waals surface area contributed by atoms with E-state index in [0.29, 0.717) is 18.0 Å². The third-order valence-electron chi connectivity index (χ3n) is 2.04. The molecule has 2 N–H and O–H groups in total. The summed E-state index contributed by atoms with van der Waals surface area (Å²) in [7, 11) is 0. The number of carbonyl (C=O) groups excluding carboxylic acids is 1. The fourth-order valence-corrected chi connectivity index (χ4v) is 1.37. The molecule has 4 nitrogen and oxygen atoms in total. The molecule has 4 heteroatoms. The van der Waals surface area contributed by atoms with Gasteiger partial charge in [-0.3, -0.25) is 10.1 Å². The van der Waals surface area contributed by atoms with Gasteiger partial charge < -0.3 is 10.1 Å². The molecular formula is C14H18N2O2. The van der Waals surface area contributed by atoms with Crippen LogP contribution in [-0.4, -0.2) is 25.1 Å². The number of para-hydroxylation sites is 2. The van der Waals surface area contributed by atoms with Crippen LogP contribution in [0.1, 0.15) is 13.8 Å². The van der Waals surface area contributed by atoms with Crippen LogP contribution in [0.3, 0.4) is 0 Å². The Morgan fingerprint density at radius 1 is 1.44 bits per heavy atom. The van der Waals surface area contributed by atoms with Crippen molar-refractivity contribution in [1.29, 1.82) is 0 Å². The lowest BCUT2D eigenvalue weighted by molar-refractivity contribution is -0.115. The number of nitrogens with one attached hydrogen (secondary N) is 2. The summed E-state index contributed by atoms with van der Waals surface area (Å²) in [6.07, 6.45) is 5.14. The molecule has 1 amide bonds. The van der Waals surface area contributed by atoms with Crippen molar-refractivity contribution < 1.29 is 9.53 Å². The Labute approximate surface area is 108 Å². The minimum Gasteiger partial charge on any atom is -0.489 e. The third-order valence-corrected chi connectivity index (χ3v) is 2.04. The van der Waals surface area contributed by atoms with E-state index in [-0.39, 0.29) is 18.6 Å². The molecule has 0 radical (unpaired) electrons. The van der Waals surface area contributed by atoms with Crippen LogP contribution in [0.15, 0.2) is 24.3 Å². The molecular weight excluding hydrogens is 228 g/mol. The van der Waals surface area contributed by atoms with Gasteiger partial charge >= 0.3 is 0 Å². The lowest BCUT2D eigenvalue weighted by Gasteiger charge is -2.14. The minimum absolute atomic E-state index is 0.0580. The number of anilines is 1. The van der Waals surface area contributed by atoms with Crippen molar-refractivity contribution in [3.8, 4) is 18.1 Å². The Bertz CT molecular complexity index is 436. The van der Waals surface area contributed by atoms with Crippen LogP contribution in [-0.2, 0) is 4.79 Å². The highest BCUT2D eigenvalue weighted by molar-refractivity contribution is 5.93. The Morgan fingerprint density at radius 3 is 2.83 bits per heavy atom. The first-order valence-corrected chi connectivity index (χ1v) is 5.83. The summed E-state index contributed by atoms with van der Waals surface area (Å²) in [4.78, 5) is 11.6. The lowest BCUT2D eigenvalue weighted by Crippen LogP contribution is -2.28. The molecule has 0 saturated carbocycles. The van der Waals surface area contributed by atoms with E-state index in [0.717, 1.165) is 0 Å². The predicted molar refractivity (Wildman–Crippen MR) is 72.5 cm³/mol. The van der Waals surface area contributed by atoms with Crippen molar-refractivity contribution in [2.75, 3.05) is 18.4 Å². The summed E-state index contributed by atoms with van der Waals surface area (Å²) in [5.74, 6) is 2.93. The molecule has 0 fully saturated rings. The van der Waals surface area contributed by atoms with Gasteiger partial charge in [0.05, 0.1) is 24.9 Å². The topological polar surface area (TPSA) is 50.4 Å². The van der Waals surface area contributed by atoms with Crippen LogP contribution in [0, 0.1) is 12.3 Å². The SMILES string of the molecule is C#CCNCC(=O)Nc1ccccc1OC(C)C. The van der Waals surface area contributed by atoms with Crippen LogP contribution in [0.5, 0.6) is 5.75 Å². The second kappa shape index (κ2) is 7.36. The van der Waals surface area contributed by atoms with Crippen molar-refractivity contribution in [3.05, 3.63) is 24.3 Å². The fraction of sp³-hybridized carbons (Fsp3) is 0.357. The quantitative estimate of drug-likeness (QED) is 0.592. The zero-order chi connectivity index (χ0) is 13.4. The number of rotatable bonds is 6. The van der Waals surface area contributed by atoms with Crippen molar-refractivity contribution in [2.24, 2.45) is 0 Å². The van der Waals surface area contributed by atoms with E-state index in [2.05, 4.69) is 16.6 Å². The average Bonchev–Trinajstić information content (AvgIpc) is 2.31. The Balaban J connectivity index is 2.60. The largest absolute Gasteiger partial charge is 0.489 e. The third kappa shape index (κ3) is 4.89. The molecule has 1 rings (SSSR count). The molecule has 0 aromatic heterocycles. The van der Waals surface area contributed by atoms with Crippen molar-refractivity contribution >= 4 is 11.6 Å². The number of amides is 1. The van der Waals surface area contributed by atoms with Gasteiger partial charge in [0.25, 0.3) is 0 Å². The summed E-state index contributed by atoms with van der Waals surface area (Å²) in [5, 5.41) is 5.61. The van der Waals surface area contributed by atoms with Gasteiger partial charge in [0.15, 0.2) is 0 Å². The number of hydrogen-bond donors (Lipinski definition) is 2. The second-order valence-corrected chi connectivity index (χ2v) is 4.02. The standard InChI is InChI=1S/C14H18N2O2/c1-4-9-15-10-14(17)16-12-7-5-6-8-13(12)18-11(2)3/h1,5-8,11,15H,9-10H2,2-3H3,(H,16,17). The summed E-state index contributed by atoms with van der Waals surface area (Å²) in [5.41, 5.74) is 0.665. The maximum atomic E-state index is 11.6. The molecule has 0 unspecified atom stereocenters. The monoisotopic (exact) mass is 246 g/mol. The molecule has 0 aliphatic heterocycles. The van der Waals surface area contributed by atoms with Gasteiger partial charge in [0, 0.05) is 0 Å². The van der Waals surface area contributed by atoms with Gasteiger partial charge in [-0.2, -0.15) is 0 Å². The smallest absolute Gasteiger partial charge is 0.238 e. The summed E-state index contributed by atoms with van der Waals surface area (Å²) in [6, 6.07) is 7.34. The van der Waals surface area contributed by atoms with Gasteiger partial charge in [0.2, 0.25) is 5.91 Å². The number of carbonyl (C=O) groups is 1. The van der Waals surface area contributed by atoms with Crippen LogP contribution in [0.25, 0.3) is 0 Å². The van der Waals surface area contributed by atoms with Crippen molar-refractivity contribution in [1.82, 2.24) is 5.32 Å². The molecule has 0 spiro atoms. The fourth-order valence-electron chi connectivity index (χ4n) is 1.37. The first kappa shape index (κ1) is 14.1. The predicted octanol–water partition coefficient (Wildman–Crippen LogP) is 1.64. The molecule has 0 atom stereocenters. The number of hydrogen-bond acceptors (Lipinski definition) is 3.